The van der Waals surface area contributed by atoms with Crippen molar-refractivity contribution in [1.82, 2.24) is 15.1 Å². The molecular weight excluding hydrogens is 342 g/mol. The summed E-state index contributed by atoms with van der Waals surface area (Å²) in [6, 6.07) is 6.69. The second-order valence-electron chi connectivity index (χ2n) is 8.66. The van der Waals surface area contributed by atoms with Crippen molar-refractivity contribution in [2.24, 2.45) is 11.3 Å². The summed E-state index contributed by atoms with van der Waals surface area (Å²) < 4.78 is 1.92. The van der Waals surface area contributed by atoms with E-state index < -0.39 is 23.3 Å². The Balaban J connectivity index is 1.89. The average Bonchev–Trinajstić information content (AvgIpc) is 2.98. The molecule has 0 aliphatic heterocycles. The maximum atomic E-state index is 12.9. The molecule has 2 aromatic rings. The lowest BCUT2D eigenvalue weighted by Crippen LogP contribution is -2.49. The fourth-order valence-corrected chi connectivity index (χ4v) is 3.90. The number of benzene rings is 1. The molecule has 0 bridgehead atoms. The molecular formula is C21H29N3O3. The lowest BCUT2D eigenvalue weighted by Gasteiger charge is -2.27. The Morgan fingerprint density at radius 3 is 2.52 bits per heavy atom. The summed E-state index contributed by atoms with van der Waals surface area (Å²) in [6.45, 7) is 6.19. The zero-order chi connectivity index (χ0) is 19.6. The summed E-state index contributed by atoms with van der Waals surface area (Å²) >= 11 is 0. The van der Waals surface area contributed by atoms with Gasteiger partial charge in [-0.05, 0) is 30.2 Å². The molecule has 1 aromatic heterocycles. The normalized spacial score (nSPS) is 17.0. The number of carboxylic acids is 1. The van der Waals surface area contributed by atoms with Crippen molar-refractivity contribution in [3.05, 3.63) is 30.0 Å². The number of fused-ring (bicyclic) bond motifs is 1. The Bertz CT molecular complexity index is 829. The van der Waals surface area contributed by atoms with E-state index in [-0.39, 0.29) is 0 Å². The Labute approximate surface area is 159 Å². The van der Waals surface area contributed by atoms with Crippen LogP contribution in [0.4, 0.5) is 0 Å². The highest BCUT2D eigenvalue weighted by Gasteiger charge is 2.34. The Morgan fingerprint density at radius 1 is 1.22 bits per heavy atom. The Kier molecular flexibility index (Phi) is 5.53. The number of hydrogen-bond donors (Lipinski definition) is 2. The lowest BCUT2D eigenvalue weighted by atomic mass is 9.86. The molecule has 0 unspecified atom stereocenters. The van der Waals surface area contributed by atoms with Crippen molar-refractivity contribution in [2.45, 2.75) is 65.5 Å². The SMILES string of the molecule is CC(C)(C)[C@H](NC(=O)c1nn(CC2CCCCC2)c2ccccc12)C(=O)O. The third-order valence-electron chi connectivity index (χ3n) is 5.42. The minimum absolute atomic E-state index is 0.303. The number of carboxylic acid groups (broad SMARTS) is 1. The topological polar surface area (TPSA) is 84.2 Å². The molecule has 0 saturated heterocycles. The van der Waals surface area contributed by atoms with Gasteiger partial charge in [0.1, 0.15) is 6.04 Å². The van der Waals surface area contributed by atoms with E-state index in [1.54, 1.807) is 20.8 Å². The number of nitrogens with zero attached hydrogens (tertiary/aromatic N) is 2. The average molecular weight is 371 g/mol. The first-order valence-corrected chi connectivity index (χ1v) is 9.76. The highest BCUT2D eigenvalue weighted by atomic mass is 16.4. The second-order valence-corrected chi connectivity index (χ2v) is 8.66. The number of para-hydroxylation sites is 1. The van der Waals surface area contributed by atoms with Gasteiger partial charge in [-0.25, -0.2) is 4.79 Å². The molecule has 1 aliphatic rings. The number of aliphatic carboxylic acids is 1. The van der Waals surface area contributed by atoms with Crippen LogP contribution >= 0.6 is 0 Å². The Hall–Kier alpha value is -2.37. The predicted octanol–water partition coefficient (Wildman–Crippen LogP) is 3.85. The molecule has 1 saturated carbocycles. The van der Waals surface area contributed by atoms with Gasteiger partial charge in [0.2, 0.25) is 0 Å². The summed E-state index contributed by atoms with van der Waals surface area (Å²) in [5.41, 5.74) is 0.634. The van der Waals surface area contributed by atoms with Gasteiger partial charge in [-0.1, -0.05) is 58.2 Å². The van der Waals surface area contributed by atoms with Gasteiger partial charge >= 0.3 is 5.97 Å². The minimum atomic E-state index is -1.04. The summed E-state index contributed by atoms with van der Waals surface area (Å²) in [4.78, 5) is 24.5. The van der Waals surface area contributed by atoms with Gasteiger partial charge in [-0.15, -0.1) is 0 Å². The lowest BCUT2D eigenvalue weighted by molar-refractivity contribution is -0.142. The molecule has 1 aliphatic carbocycles. The van der Waals surface area contributed by atoms with E-state index >= 15 is 0 Å². The second kappa shape index (κ2) is 7.71. The number of rotatable bonds is 5. The van der Waals surface area contributed by atoms with Gasteiger partial charge in [-0.2, -0.15) is 5.10 Å². The quantitative estimate of drug-likeness (QED) is 0.836. The van der Waals surface area contributed by atoms with Gasteiger partial charge < -0.3 is 10.4 Å². The number of hydrogen-bond acceptors (Lipinski definition) is 3. The zero-order valence-corrected chi connectivity index (χ0v) is 16.4. The first-order valence-electron chi connectivity index (χ1n) is 9.76. The van der Waals surface area contributed by atoms with Gasteiger partial charge in [0, 0.05) is 11.9 Å². The van der Waals surface area contributed by atoms with Crippen LogP contribution in [0.3, 0.4) is 0 Å². The van der Waals surface area contributed by atoms with Crippen LogP contribution in [0.15, 0.2) is 24.3 Å². The first kappa shape index (κ1) is 19.4. The van der Waals surface area contributed by atoms with Crippen LogP contribution in [-0.2, 0) is 11.3 Å². The van der Waals surface area contributed by atoms with Crippen LogP contribution in [0.2, 0.25) is 0 Å². The number of amides is 1. The molecule has 1 atom stereocenters. The minimum Gasteiger partial charge on any atom is -0.480 e. The van der Waals surface area contributed by atoms with Crippen LogP contribution in [0.5, 0.6) is 0 Å². The molecule has 0 radical (unpaired) electrons. The summed E-state index contributed by atoms with van der Waals surface area (Å²) in [6.07, 6.45) is 6.20. The van der Waals surface area contributed by atoms with Crippen molar-refractivity contribution in [2.75, 3.05) is 0 Å². The van der Waals surface area contributed by atoms with E-state index in [4.69, 9.17) is 0 Å². The van der Waals surface area contributed by atoms with Crippen LogP contribution in [0.1, 0.15) is 63.4 Å². The fourth-order valence-electron chi connectivity index (χ4n) is 3.90. The van der Waals surface area contributed by atoms with Crippen LogP contribution in [-0.4, -0.2) is 32.8 Å². The maximum absolute atomic E-state index is 12.9. The van der Waals surface area contributed by atoms with Crippen molar-refractivity contribution < 1.29 is 14.7 Å². The first-order chi connectivity index (χ1) is 12.8. The number of aromatic nitrogens is 2. The molecule has 1 aromatic carbocycles. The maximum Gasteiger partial charge on any atom is 0.326 e. The molecule has 2 N–H and O–H groups in total. The summed E-state index contributed by atoms with van der Waals surface area (Å²) in [7, 11) is 0. The van der Waals surface area contributed by atoms with E-state index in [0.29, 0.717) is 11.6 Å². The van der Waals surface area contributed by atoms with E-state index in [1.165, 1.54) is 32.1 Å². The predicted molar refractivity (Wildman–Crippen MR) is 105 cm³/mol. The van der Waals surface area contributed by atoms with Crippen LogP contribution < -0.4 is 5.32 Å². The largest absolute Gasteiger partial charge is 0.480 e. The standard InChI is InChI=1S/C21H29N3O3/c1-21(2,3)18(20(26)27)22-19(25)17-15-11-7-8-12-16(15)24(23-17)13-14-9-5-4-6-10-14/h7-8,11-12,14,18H,4-6,9-10,13H2,1-3H3,(H,22,25)(H,26,27)/t18-/m1/s1. The highest BCUT2D eigenvalue weighted by Crippen LogP contribution is 2.27. The highest BCUT2D eigenvalue weighted by molar-refractivity contribution is 6.06. The van der Waals surface area contributed by atoms with Gasteiger partial charge in [0.25, 0.3) is 5.91 Å². The third kappa shape index (κ3) is 4.31. The van der Waals surface area contributed by atoms with Crippen molar-refractivity contribution in [1.29, 1.82) is 0 Å². The molecule has 6 heteroatoms. The molecule has 1 amide bonds. The molecule has 6 nitrogen and oxygen atoms in total. The van der Waals surface area contributed by atoms with Crippen LogP contribution in [0, 0.1) is 11.3 Å². The molecule has 0 spiro atoms. The summed E-state index contributed by atoms with van der Waals surface area (Å²) in [5, 5.41) is 17.5. The third-order valence-corrected chi connectivity index (χ3v) is 5.42. The van der Waals surface area contributed by atoms with Crippen molar-refractivity contribution >= 4 is 22.8 Å². The molecule has 1 fully saturated rings. The molecule has 146 valence electrons. The Morgan fingerprint density at radius 2 is 1.89 bits per heavy atom. The van der Waals surface area contributed by atoms with Crippen LogP contribution in [0.25, 0.3) is 10.9 Å². The molecule has 1 heterocycles. The monoisotopic (exact) mass is 371 g/mol. The number of nitrogens with one attached hydrogen (secondary N) is 1. The zero-order valence-electron chi connectivity index (χ0n) is 16.4. The number of carbonyl (C=O) groups excluding carboxylic acids is 1. The molecule has 3 rings (SSSR count). The van der Waals surface area contributed by atoms with E-state index in [0.717, 1.165) is 17.4 Å². The van der Waals surface area contributed by atoms with E-state index in [1.807, 2.05) is 28.9 Å². The van der Waals surface area contributed by atoms with Crippen molar-refractivity contribution in [3.63, 3.8) is 0 Å². The fraction of sp³-hybridized carbons (Fsp3) is 0.571. The van der Waals surface area contributed by atoms with E-state index in [9.17, 15) is 14.7 Å². The summed E-state index contributed by atoms with van der Waals surface area (Å²) in [5.74, 6) is -0.892. The van der Waals surface area contributed by atoms with Gasteiger partial charge in [0.15, 0.2) is 5.69 Å². The van der Waals surface area contributed by atoms with E-state index in [2.05, 4.69) is 10.4 Å². The smallest absolute Gasteiger partial charge is 0.326 e. The molecule has 27 heavy (non-hydrogen) atoms. The van der Waals surface area contributed by atoms with Crippen molar-refractivity contribution in [3.8, 4) is 0 Å². The van der Waals surface area contributed by atoms with Gasteiger partial charge in [-0.3, -0.25) is 9.48 Å². The number of carbonyl (C=O) groups is 2. The van der Waals surface area contributed by atoms with Gasteiger partial charge in [0.05, 0.1) is 5.52 Å².